The van der Waals surface area contributed by atoms with Gasteiger partial charge in [0.25, 0.3) is 0 Å². The molecule has 0 aromatic heterocycles. The van der Waals surface area contributed by atoms with Gasteiger partial charge in [-0.05, 0) is 43.5 Å². The molecule has 1 N–H and O–H groups in total. The minimum absolute atomic E-state index is 0.274. The second kappa shape index (κ2) is 9.60. The van der Waals surface area contributed by atoms with Gasteiger partial charge in [0.05, 0.1) is 0 Å². The van der Waals surface area contributed by atoms with Crippen LogP contribution >= 0.6 is 23.2 Å². The van der Waals surface area contributed by atoms with Crippen LogP contribution in [-0.2, 0) is 4.74 Å². The maximum Gasteiger partial charge on any atom is 0.0478 e. The average molecular weight is 304 g/mol. The molecule has 108 valence electrons. The van der Waals surface area contributed by atoms with E-state index in [4.69, 9.17) is 27.9 Å². The monoisotopic (exact) mass is 303 g/mol. The smallest absolute Gasteiger partial charge is 0.0478 e. The maximum atomic E-state index is 6.24. The average Bonchev–Trinajstić information content (AvgIpc) is 2.39. The van der Waals surface area contributed by atoms with Crippen LogP contribution in [0.4, 0.5) is 0 Å². The van der Waals surface area contributed by atoms with E-state index >= 15 is 0 Å². The minimum Gasteiger partial charge on any atom is -0.381 e. The SMILES string of the molecule is CCCOCCCNC(CC)c1ccc(Cl)cc1Cl. The summed E-state index contributed by atoms with van der Waals surface area (Å²) in [5.41, 5.74) is 1.11. The van der Waals surface area contributed by atoms with Gasteiger partial charge in [-0.2, -0.15) is 0 Å². The van der Waals surface area contributed by atoms with Gasteiger partial charge in [0.1, 0.15) is 0 Å². The highest BCUT2D eigenvalue weighted by Crippen LogP contribution is 2.27. The van der Waals surface area contributed by atoms with Gasteiger partial charge in [-0.3, -0.25) is 0 Å². The van der Waals surface area contributed by atoms with Crippen molar-refractivity contribution in [3.63, 3.8) is 0 Å². The van der Waals surface area contributed by atoms with Crippen molar-refractivity contribution in [1.29, 1.82) is 0 Å². The fourth-order valence-corrected chi connectivity index (χ4v) is 2.50. The molecule has 1 rings (SSSR count). The van der Waals surface area contributed by atoms with Gasteiger partial charge >= 0.3 is 0 Å². The molecule has 0 saturated heterocycles. The molecule has 0 spiro atoms. The normalized spacial score (nSPS) is 12.6. The van der Waals surface area contributed by atoms with E-state index in [2.05, 4.69) is 19.2 Å². The molecule has 0 fully saturated rings. The van der Waals surface area contributed by atoms with Crippen LogP contribution < -0.4 is 5.32 Å². The topological polar surface area (TPSA) is 21.3 Å². The highest BCUT2D eigenvalue weighted by molar-refractivity contribution is 6.35. The number of nitrogens with one attached hydrogen (secondary N) is 1. The van der Waals surface area contributed by atoms with Gasteiger partial charge in [-0.1, -0.05) is 43.1 Å². The molecule has 19 heavy (non-hydrogen) atoms. The van der Waals surface area contributed by atoms with Gasteiger partial charge in [0, 0.05) is 29.3 Å². The van der Waals surface area contributed by atoms with E-state index in [9.17, 15) is 0 Å². The lowest BCUT2D eigenvalue weighted by Gasteiger charge is -2.19. The molecule has 0 bridgehead atoms. The molecule has 4 heteroatoms. The van der Waals surface area contributed by atoms with Gasteiger partial charge in [0.15, 0.2) is 0 Å². The Hall–Kier alpha value is -0.280. The molecule has 1 atom stereocenters. The number of benzene rings is 1. The lowest BCUT2D eigenvalue weighted by molar-refractivity contribution is 0.131. The molecule has 1 unspecified atom stereocenters. The molecular weight excluding hydrogens is 281 g/mol. The van der Waals surface area contributed by atoms with E-state index in [1.165, 1.54) is 0 Å². The van der Waals surface area contributed by atoms with Gasteiger partial charge in [-0.25, -0.2) is 0 Å². The minimum atomic E-state index is 0.274. The van der Waals surface area contributed by atoms with Crippen molar-refractivity contribution in [2.45, 2.75) is 39.2 Å². The van der Waals surface area contributed by atoms with Crippen molar-refractivity contribution in [3.8, 4) is 0 Å². The number of hydrogen-bond donors (Lipinski definition) is 1. The van der Waals surface area contributed by atoms with E-state index < -0.39 is 0 Å². The first-order valence-electron chi connectivity index (χ1n) is 6.95. The van der Waals surface area contributed by atoms with E-state index in [1.807, 2.05) is 12.1 Å². The summed E-state index contributed by atoms with van der Waals surface area (Å²) >= 11 is 12.2. The predicted molar refractivity (Wildman–Crippen MR) is 83.2 cm³/mol. The third-order valence-corrected chi connectivity index (χ3v) is 3.51. The third-order valence-electron chi connectivity index (χ3n) is 2.95. The van der Waals surface area contributed by atoms with Crippen LogP contribution in [0.15, 0.2) is 18.2 Å². The largest absolute Gasteiger partial charge is 0.381 e. The Morgan fingerprint density at radius 2 is 2.00 bits per heavy atom. The van der Waals surface area contributed by atoms with Crippen molar-refractivity contribution < 1.29 is 4.74 Å². The van der Waals surface area contributed by atoms with Crippen LogP contribution in [-0.4, -0.2) is 19.8 Å². The fourth-order valence-electron chi connectivity index (χ4n) is 1.96. The molecule has 1 aromatic carbocycles. The Balaban J connectivity index is 2.40. The summed E-state index contributed by atoms with van der Waals surface area (Å²) in [6.07, 6.45) is 3.09. The molecule has 2 nitrogen and oxygen atoms in total. The number of hydrogen-bond acceptors (Lipinski definition) is 2. The summed E-state index contributed by atoms with van der Waals surface area (Å²) in [7, 11) is 0. The van der Waals surface area contributed by atoms with Gasteiger partial charge in [0.2, 0.25) is 0 Å². The molecule has 0 amide bonds. The lowest BCUT2D eigenvalue weighted by atomic mass is 10.0. The molecule has 0 aliphatic carbocycles. The summed E-state index contributed by atoms with van der Waals surface area (Å²) in [5.74, 6) is 0. The standard InChI is InChI=1S/C15H23Cl2NO/c1-3-9-19-10-5-8-18-15(4-2)13-7-6-12(16)11-14(13)17/h6-7,11,15,18H,3-5,8-10H2,1-2H3. The molecule has 0 saturated carbocycles. The van der Waals surface area contributed by atoms with Crippen molar-refractivity contribution in [1.82, 2.24) is 5.32 Å². The van der Waals surface area contributed by atoms with Crippen LogP contribution in [0.1, 0.15) is 44.7 Å². The van der Waals surface area contributed by atoms with Crippen LogP contribution in [0, 0.1) is 0 Å². The Morgan fingerprint density at radius 3 is 2.63 bits per heavy atom. The summed E-state index contributed by atoms with van der Waals surface area (Å²) in [5, 5.41) is 4.92. The predicted octanol–water partition coefficient (Wildman–Crippen LogP) is 4.85. The molecule has 0 heterocycles. The first-order valence-corrected chi connectivity index (χ1v) is 7.70. The summed E-state index contributed by atoms with van der Waals surface area (Å²) in [6, 6.07) is 5.96. The quantitative estimate of drug-likeness (QED) is 0.658. The van der Waals surface area contributed by atoms with Crippen LogP contribution in [0.2, 0.25) is 10.0 Å². The Kier molecular flexibility index (Phi) is 8.47. The Morgan fingerprint density at radius 1 is 1.21 bits per heavy atom. The Bertz CT molecular complexity index is 371. The zero-order valence-electron chi connectivity index (χ0n) is 11.7. The second-order valence-corrected chi connectivity index (χ2v) is 5.39. The molecule has 0 aliphatic heterocycles. The second-order valence-electron chi connectivity index (χ2n) is 4.55. The molecule has 1 aromatic rings. The van der Waals surface area contributed by atoms with Gasteiger partial charge in [-0.15, -0.1) is 0 Å². The van der Waals surface area contributed by atoms with Crippen molar-refractivity contribution in [3.05, 3.63) is 33.8 Å². The van der Waals surface area contributed by atoms with E-state index in [0.29, 0.717) is 5.02 Å². The van der Waals surface area contributed by atoms with Crippen molar-refractivity contribution in [2.24, 2.45) is 0 Å². The van der Waals surface area contributed by atoms with Crippen LogP contribution in [0.3, 0.4) is 0 Å². The first-order chi connectivity index (χ1) is 9.19. The van der Waals surface area contributed by atoms with Crippen LogP contribution in [0.25, 0.3) is 0 Å². The number of halogens is 2. The molecular formula is C15H23Cl2NO. The van der Waals surface area contributed by atoms with Crippen LogP contribution in [0.5, 0.6) is 0 Å². The summed E-state index contributed by atoms with van der Waals surface area (Å²) < 4.78 is 5.46. The van der Waals surface area contributed by atoms with Gasteiger partial charge < -0.3 is 10.1 Å². The maximum absolute atomic E-state index is 6.24. The Labute approximate surface area is 126 Å². The van der Waals surface area contributed by atoms with Crippen molar-refractivity contribution in [2.75, 3.05) is 19.8 Å². The highest BCUT2D eigenvalue weighted by Gasteiger charge is 2.12. The number of rotatable bonds is 9. The molecule has 0 radical (unpaired) electrons. The summed E-state index contributed by atoms with van der Waals surface area (Å²) in [4.78, 5) is 0. The first kappa shape index (κ1) is 16.8. The molecule has 0 aliphatic rings. The van der Waals surface area contributed by atoms with E-state index in [0.717, 1.165) is 49.6 Å². The lowest BCUT2D eigenvalue weighted by Crippen LogP contribution is -2.23. The highest BCUT2D eigenvalue weighted by atomic mass is 35.5. The van der Waals surface area contributed by atoms with E-state index in [-0.39, 0.29) is 6.04 Å². The third kappa shape index (κ3) is 6.13. The van der Waals surface area contributed by atoms with Crippen molar-refractivity contribution >= 4 is 23.2 Å². The zero-order chi connectivity index (χ0) is 14.1. The number of ether oxygens (including phenoxy) is 1. The van der Waals surface area contributed by atoms with E-state index in [1.54, 1.807) is 6.07 Å². The summed E-state index contributed by atoms with van der Waals surface area (Å²) in [6.45, 7) is 6.86. The fraction of sp³-hybridized carbons (Fsp3) is 0.600. The zero-order valence-corrected chi connectivity index (χ0v) is 13.2.